The van der Waals surface area contributed by atoms with Crippen molar-refractivity contribution < 1.29 is 9.18 Å². The van der Waals surface area contributed by atoms with Gasteiger partial charge in [0.05, 0.1) is 16.2 Å². The van der Waals surface area contributed by atoms with Crippen molar-refractivity contribution in [3.8, 4) is 0 Å². The molecule has 0 saturated heterocycles. The van der Waals surface area contributed by atoms with Gasteiger partial charge in [-0.25, -0.2) is 14.5 Å². The van der Waals surface area contributed by atoms with Crippen LogP contribution in [0.5, 0.6) is 0 Å². The maximum absolute atomic E-state index is 13.1. The predicted molar refractivity (Wildman–Crippen MR) is 87.4 cm³/mol. The molecule has 0 unspecified atom stereocenters. The number of carbonyl (C=O) groups is 1. The molecule has 0 aliphatic rings. The minimum absolute atomic E-state index is 0.00493. The minimum Gasteiger partial charge on any atom is -0.271 e. The van der Waals surface area contributed by atoms with E-state index in [0.29, 0.717) is 10.0 Å². The zero-order valence-corrected chi connectivity index (χ0v) is 13.4. The van der Waals surface area contributed by atoms with Crippen LogP contribution in [-0.4, -0.2) is 27.1 Å². The fourth-order valence-electron chi connectivity index (χ4n) is 1.98. The molecule has 0 bridgehead atoms. The molecule has 0 spiro atoms. The van der Waals surface area contributed by atoms with Crippen LogP contribution in [0, 0.1) is 5.82 Å². The summed E-state index contributed by atoms with van der Waals surface area (Å²) < 4.78 is 14.9. The Hall–Kier alpha value is -2.61. The molecule has 1 heterocycles. The highest BCUT2D eigenvalue weighted by atomic mass is 79.9. The fraction of sp³-hybridized carbons (Fsp3) is 0.0667. The van der Waals surface area contributed by atoms with Crippen molar-refractivity contribution in [3.05, 3.63) is 58.3 Å². The first-order chi connectivity index (χ1) is 11.1. The average molecular weight is 376 g/mol. The molecule has 2 aromatic carbocycles. The third-order valence-electron chi connectivity index (χ3n) is 3.06. The van der Waals surface area contributed by atoms with E-state index in [2.05, 4.69) is 36.8 Å². The highest BCUT2D eigenvalue weighted by molar-refractivity contribution is 9.10. The topological polar surface area (TPSA) is 72.2 Å². The Morgan fingerprint density at radius 1 is 1.35 bits per heavy atom. The maximum atomic E-state index is 13.1. The number of benzene rings is 2. The second-order valence-electron chi connectivity index (χ2n) is 4.70. The van der Waals surface area contributed by atoms with Crippen molar-refractivity contribution >= 4 is 39.1 Å². The third kappa shape index (κ3) is 3.59. The molecule has 23 heavy (non-hydrogen) atoms. The Morgan fingerprint density at radius 2 is 2.17 bits per heavy atom. The van der Waals surface area contributed by atoms with Crippen molar-refractivity contribution in [1.29, 1.82) is 0 Å². The Kier molecular flexibility index (Phi) is 4.42. The summed E-state index contributed by atoms with van der Waals surface area (Å²) in [6, 6.07) is 11.8. The Morgan fingerprint density at radius 3 is 3.00 bits per heavy atom. The number of hydrogen-bond donors (Lipinski definition) is 1. The standard InChI is InChI=1S/C15H11BrFN5O/c16-11-7-10(5-6-12(11)17)8-18-20-15(23)9-22-14-4-2-1-3-13(14)19-21-22/h1-8H,9H2,(H,20,23)/b18-8+. The van der Waals surface area contributed by atoms with Gasteiger partial charge >= 0.3 is 0 Å². The maximum Gasteiger partial charge on any atom is 0.261 e. The molecule has 1 amide bonds. The highest BCUT2D eigenvalue weighted by Crippen LogP contribution is 2.15. The monoisotopic (exact) mass is 375 g/mol. The summed E-state index contributed by atoms with van der Waals surface area (Å²) in [5, 5.41) is 11.7. The molecule has 116 valence electrons. The lowest BCUT2D eigenvalue weighted by Gasteiger charge is -2.01. The summed E-state index contributed by atoms with van der Waals surface area (Å²) in [4.78, 5) is 11.9. The summed E-state index contributed by atoms with van der Waals surface area (Å²) in [6.45, 7) is 0.00493. The van der Waals surface area contributed by atoms with Crippen molar-refractivity contribution in [1.82, 2.24) is 20.4 Å². The summed E-state index contributed by atoms with van der Waals surface area (Å²) in [7, 11) is 0. The molecule has 6 nitrogen and oxygen atoms in total. The van der Waals surface area contributed by atoms with Crippen molar-refractivity contribution in [2.45, 2.75) is 6.54 Å². The zero-order valence-electron chi connectivity index (χ0n) is 11.8. The summed E-state index contributed by atoms with van der Waals surface area (Å²) >= 11 is 3.09. The predicted octanol–water partition coefficient (Wildman–Crippen LogP) is 2.48. The van der Waals surface area contributed by atoms with Crippen LogP contribution in [0.1, 0.15) is 5.56 Å². The van der Waals surface area contributed by atoms with E-state index >= 15 is 0 Å². The van der Waals surface area contributed by atoms with E-state index in [0.717, 1.165) is 11.0 Å². The van der Waals surface area contributed by atoms with Crippen LogP contribution in [0.25, 0.3) is 11.0 Å². The van der Waals surface area contributed by atoms with Crippen LogP contribution in [0.2, 0.25) is 0 Å². The lowest BCUT2D eigenvalue weighted by molar-refractivity contribution is -0.121. The van der Waals surface area contributed by atoms with Gasteiger partial charge in [-0.2, -0.15) is 5.10 Å². The summed E-state index contributed by atoms with van der Waals surface area (Å²) in [5.41, 5.74) is 4.55. The van der Waals surface area contributed by atoms with Crippen LogP contribution < -0.4 is 5.43 Å². The van der Waals surface area contributed by atoms with Gasteiger partial charge in [-0.1, -0.05) is 23.4 Å². The van der Waals surface area contributed by atoms with Crippen LogP contribution in [0.4, 0.5) is 4.39 Å². The average Bonchev–Trinajstić information content (AvgIpc) is 2.94. The number of amides is 1. The van der Waals surface area contributed by atoms with Gasteiger partial charge < -0.3 is 0 Å². The van der Waals surface area contributed by atoms with Crippen molar-refractivity contribution in [3.63, 3.8) is 0 Å². The van der Waals surface area contributed by atoms with Gasteiger partial charge in [-0.3, -0.25) is 4.79 Å². The van der Waals surface area contributed by atoms with Crippen molar-refractivity contribution in [2.24, 2.45) is 5.10 Å². The van der Waals surface area contributed by atoms with Gasteiger partial charge in [-0.15, -0.1) is 5.10 Å². The quantitative estimate of drug-likeness (QED) is 0.562. The molecule has 0 radical (unpaired) electrons. The lowest BCUT2D eigenvalue weighted by atomic mass is 10.2. The van der Waals surface area contributed by atoms with Crippen LogP contribution in [-0.2, 0) is 11.3 Å². The minimum atomic E-state index is -0.357. The van der Waals surface area contributed by atoms with Gasteiger partial charge in [0.15, 0.2) is 0 Å². The van der Waals surface area contributed by atoms with Gasteiger partial charge in [0, 0.05) is 0 Å². The summed E-state index contributed by atoms with van der Waals surface area (Å²) in [6.07, 6.45) is 1.43. The molecular weight excluding hydrogens is 365 g/mol. The number of rotatable bonds is 4. The first-order valence-corrected chi connectivity index (χ1v) is 7.48. The van der Waals surface area contributed by atoms with Gasteiger partial charge in [-0.05, 0) is 45.8 Å². The van der Waals surface area contributed by atoms with Crippen molar-refractivity contribution in [2.75, 3.05) is 0 Å². The Labute approximate surface area is 139 Å². The van der Waals surface area contributed by atoms with Gasteiger partial charge in [0.1, 0.15) is 17.9 Å². The first kappa shape index (κ1) is 15.3. The number of nitrogens with one attached hydrogen (secondary N) is 1. The normalized spacial score (nSPS) is 11.2. The number of para-hydroxylation sites is 1. The van der Waals surface area contributed by atoms with E-state index in [1.165, 1.54) is 17.0 Å². The highest BCUT2D eigenvalue weighted by Gasteiger charge is 2.07. The fourth-order valence-corrected chi connectivity index (χ4v) is 2.37. The molecule has 0 fully saturated rings. The zero-order chi connectivity index (χ0) is 16.2. The van der Waals surface area contributed by atoms with Gasteiger partial charge in [0.25, 0.3) is 5.91 Å². The van der Waals surface area contributed by atoms with E-state index in [-0.39, 0.29) is 18.3 Å². The number of hydrogen-bond acceptors (Lipinski definition) is 4. The van der Waals surface area contributed by atoms with Crippen LogP contribution in [0.15, 0.2) is 52.0 Å². The van der Waals surface area contributed by atoms with Crippen LogP contribution in [0.3, 0.4) is 0 Å². The molecule has 0 saturated carbocycles. The number of halogens is 2. The molecule has 1 aromatic heterocycles. The molecule has 0 aliphatic carbocycles. The third-order valence-corrected chi connectivity index (χ3v) is 3.67. The number of carbonyl (C=O) groups excluding carboxylic acids is 1. The SMILES string of the molecule is O=C(Cn1nnc2ccccc21)N/N=C/c1ccc(F)c(Br)c1. The van der Waals surface area contributed by atoms with E-state index < -0.39 is 0 Å². The molecular formula is C15H11BrFN5O. The molecule has 0 atom stereocenters. The smallest absolute Gasteiger partial charge is 0.261 e. The van der Waals surface area contributed by atoms with E-state index in [1.807, 2.05) is 24.3 Å². The van der Waals surface area contributed by atoms with E-state index in [4.69, 9.17) is 0 Å². The second-order valence-corrected chi connectivity index (χ2v) is 5.56. The number of fused-ring (bicyclic) bond motifs is 1. The van der Waals surface area contributed by atoms with Crippen LogP contribution >= 0.6 is 15.9 Å². The van der Waals surface area contributed by atoms with E-state index in [9.17, 15) is 9.18 Å². The lowest BCUT2D eigenvalue weighted by Crippen LogP contribution is -2.23. The Bertz CT molecular complexity index is 892. The summed E-state index contributed by atoms with van der Waals surface area (Å²) in [5.74, 6) is -0.692. The molecule has 0 aliphatic heterocycles. The molecule has 1 N–H and O–H groups in total. The number of nitrogens with zero attached hydrogens (tertiary/aromatic N) is 4. The molecule has 8 heteroatoms. The van der Waals surface area contributed by atoms with Gasteiger partial charge in [0.2, 0.25) is 0 Å². The largest absolute Gasteiger partial charge is 0.271 e. The number of hydrazone groups is 1. The second kappa shape index (κ2) is 6.66. The first-order valence-electron chi connectivity index (χ1n) is 6.68. The molecule has 3 rings (SSSR count). The Balaban J connectivity index is 1.63. The molecule has 3 aromatic rings. The van der Waals surface area contributed by atoms with E-state index in [1.54, 1.807) is 12.1 Å². The number of aromatic nitrogens is 3.